The van der Waals surface area contributed by atoms with Crippen molar-refractivity contribution in [2.45, 2.75) is 44.2 Å². The summed E-state index contributed by atoms with van der Waals surface area (Å²) in [5.41, 5.74) is 0.0822. The Morgan fingerprint density at radius 2 is 1.92 bits per heavy atom. The van der Waals surface area contributed by atoms with Gasteiger partial charge in [0.1, 0.15) is 17.2 Å². The minimum Gasteiger partial charge on any atom is -0.388 e. The predicted octanol–water partition coefficient (Wildman–Crippen LogP) is 4.74. The summed E-state index contributed by atoms with van der Waals surface area (Å²) in [4.78, 5) is 29.3. The molecule has 1 saturated carbocycles. The lowest BCUT2D eigenvalue weighted by Gasteiger charge is -2.30. The zero-order valence-electron chi connectivity index (χ0n) is 19.5. The van der Waals surface area contributed by atoms with Gasteiger partial charge in [0.2, 0.25) is 0 Å². The summed E-state index contributed by atoms with van der Waals surface area (Å²) in [6.45, 7) is 3.09. The zero-order chi connectivity index (χ0) is 25.8. The molecule has 2 aromatic carbocycles. The number of benzene rings is 2. The number of nitrogens with zero attached hydrogens (tertiary/aromatic N) is 2. The highest BCUT2D eigenvalue weighted by atomic mass is 35.5. The maximum Gasteiger partial charge on any atom is 0.275 e. The molecule has 36 heavy (non-hydrogen) atoms. The quantitative estimate of drug-likeness (QED) is 0.347. The summed E-state index contributed by atoms with van der Waals surface area (Å²) in [6, 6.07) is 8.74. The van der Waals surface area contributed by atoms with Gasteiger partial charge in [-0.3, -0.25) is 9.59 Å². The molecule has 7 nitrogen and oxygen atoms in total. The van der Waals surface area contributed by atoms with E-state index in [4.69, 9.17) is 11.6 Å². The highest BCUT2D eigenvalue weighted by molar-refractivity contribution is 6.30. The van der Waals surface area contributed by atoms with E-state index in [-0.39, 0.29) is 27.8 Å². The van der Waals surface area contributed by atoms with E-state index in [0.717, 1.165) is 12.8 Å². The van der Waals surface area contributed by atoms with Crippen molar-refractivity contribution in [3.8, 4) is 11.4 Å². The molecule has 2 heterocycles. The molecule has 0 radical (unpaired) electrons. The molecular formula is C26H23ClF2N4O3. The van der Waals surface area contributed by atoms with Crippen molar-refractivity contribution in [3.63, 3.8) is 0 Å². The second-order valence-electron chi connectivity index (χ2n) is 9.57. The van der Waals surface area contributed by atoms with Crippen LogP contribution in [0.3, 0.4) is 0 Å². The number of amides is 1. The molecule has 0 saturated heterocycles. The first kappa shape index (κ1) is 24.1. The van der Waals surface area contributed by atoms with Crippen molar-refractivity contribution in [1.82, 2.24) is 19.9 Å². The summed E-state index contributed by atoms with van der Waals surface area (Å²) in [5.74, 6) is -1.45. The van der Waals surface area contributed by atoms with E-state index in [2.05, 4.69) is 15.4 Å². The lowest BCUT2D eigenvalue weighted by atomic mass is 9.91. The molecule has 2 aromatic heterocycles. The van der Waals surface area contributed by atoms with Crippen molar-refractivity contribution >= 4 is 23.0 Å². The third kappa shape index (κ3) is 4.52. The fourth-order valence-corrected chi connectivity index (χ4v) is 4.50. The van der Waals surface area contributed by atoms with Crippen molar-refractivity contribution in [1.29, 1.82) is 0 Å². The van der Waals surface area contributed by atoms with Crippen LogP contribution >= 0.6 is 11.6 Å². The molecule has 1 atom stereocenters. The van der Waals surface area contributed by atoms with Crippen LogP contribution in [0.4, 0.5) is 8.78 Å². The number of aromatic amines is 1. The van der Waals surface area contributed by atoms with Gasteiger partial charge in [0.25, 0.3) is 11.5 Å². The number of carbonyl (C=O) groups excluding carboxylic acids is 1. The lowest BCUT2D eigenvalue weighted by Crippen LogP contribution is -2.42. The summed E-state index contributed by atoms with van der Waals surface area (Å²) in [6.07, 6.45) is 3.10. The number of nitrogens with one attached hydrogen (secondary N) is 2. The fraction of sp³-hybridized carbons (Fsp3) is 0.269. The van der Waals surface area contributed by atoms with E-state index >= 15 is 0 Å². The number of aliphatic hydroxyl groups is 1. The largest absolute Gasteiger partial charge is 0.388 e. The molecule has 0 spiro atoms. The van der Waals surface area contributed by atoms with E-state index in [9.17, 15) is 23.5 Å². The SMILES string of the molecule is CC(C)(O)C(NC(=O)c1cn2nc(-c3ccc(Cl)c(F)c3)[nH]c(=O)c2c1C1CC1)c1ccc(F)cc1. The minimum absolute atomic E-state index is 0.0175. The van der Waals surface area contributed by atoms with Crippen LogP contribution in [0.2, 0.25) is 5.02 Å². The monoisotopic (exact) mass is 512 g/mol. The molecule has 3 N–H and O–H groups in total. The van der Waals surface area contributed by atoms with Gasteiger partial charge in [-0.05, 0) is 68.5 Å². The van der Waals surface area contributed by atoms with Crippen LogP contribution in [0.1, 0.15) is 60.1 Å². The second kappa shape index (κ2) is 8.83. The summed E-state index contributed by atoms with van der Waals surface area (Å²) >= 11 is 5.77. The van der Waals surface area contributed by atoms with Crippen LogP contribution < -0.4 is 10.9 Å². The molecule has 5 rings (SSSR count). The van der Waals surface area contributed by atoms with Crippen LogP contribution in [-0.4, -0.2) is 31.2 Å². The normalized spacial score (nSPS) is 14.7. The molecule has 0 aliphatic heterocycles. The Morgan fingerprint density at radius 3 is 2.53 bits per heavy atom. The molecule has 0 bridgehead atoms. The highest BCUT2D eigenvalue weighted by Crippen LogP contribution is 2.44. The van der Waals surface area contributed by atoms with Crippen molar-refractivity contribution in [2.75, 3.05) is 0 Å². The van der Waals surface area contributed by atoms with E-state index < -0.39 is 34.7 Å². The third-order valence-corrected chi connectivity index (χ3v) is 6.60. The topological polar surface area (TPSA) is 99.5 Å². The highest BCUT2D eigenvalue weighted by Gasteiger charge is 2.36. The number of hydrogen-bond donors (Lipinski definition) is 3. The number of halogens is 3. The Hall–Kier alpha value is -3.56. The molecule has 1 amide bonds. The first-order valence-corrected chi connectivity index (χ1v) is 11.8. The maximum absolute atomic E-state index is 14.0. The summed E-state index contributed by atoms with van der Waals surface area (Å²) in [5, 5.41) is 18.0. The molecule has 1 aliphatic rings. The van der Waals surface area contributed by atoms with Gasteiger partial charge in [-0.15, -0.1) is 5.10 Å². The lowest BCUT2D eigenvalue weighted by molar-refractivity contribution is 0.0343. The molecule has 1 unspecified atom stereocenters. The average Bonchev–Trinajstić information content (AvgIpc) is 3.58. The third-order valence-electron chi connectivity index (χ3n) is 6.29. The van der Waals surface area contributed by atoms with Crippen molar-refractivity contribution in [3.05, 3.63) is 92.4 Å². The molecule has 4 aromatic rings. The molecule has 1 aliphatic carbocycles. The molecule has 10 heteroatoms. The first-order valence-electron chi connectivity index (χ1n) is 11.4. The van der Waals surface area contributed by atoms with Gasteiger partial charge >= 0.3 is 0 Å². The van der Waals surface area contributed by atoms with E-state index in [1.165, 1.54) is 53.2 Å². The van der Waals surface area contributed by atoms with Crippen LogP contribution in [0.25, 0.3) is 16.9 Å². The molecular weight excluding hydrogens is 490 g/mol. The fourth-order valence-electron chi connectivity index (χ4n) is 4.38. The Balaban J connectivity index is 1.58. The minimum atomic E-state index is -1.37. The number of rotatable bonds is 6. The molecule has 186 valence electrons. The average molecular weight is 513 g/mol. The van der Waals surface area contributed by atoms with Gasteiger partial charge in [-0.25, -0.2) is 13.3 Å². The van der Waals surface area contributed by atoms with Crippen LogP contribution in [0.15, 0.2) is 53.5 Å². The number of fused-ring (bicyclic) bond motifs is 1. The Morgan fingerprint density at radius 1 is 1.22 bits per heavy atom. The van der Waals surface area contributed by atoms with Gasteiger partial charge in [0.15, 0.2) is 5.82 Å². The maximum atomic E-state index is 14.0. The smallest absolute Gasteiger partial charge is 0.275 e. The second-order valence-corrected chi connectivity index (χ2v) is 9.97. The van der Waals surface area contributed by atoms with E-state index in [1.807, 2.05) is 0 Å². The van der Waals surface area contributed by atoms with Gasteiger partial charge in [-0.2, -0.15) is 0 Å². The first-order chi connectivity index (χ1) is 17.0. The number of hydrogen-bond acceptors (Lipinski definition) is 4. The van der Waals surface area contributed by atoms with Crippen molar-refractivity contribution in [2.24, 2.45) is 0 Å². The predicted molar refractivity (Wildman–Crippen MR) is 131 cm³/mol. The van der Waals surface area contributed by atoms with Gasteiger partial charge < -0.3 is 15.4 Å². The summed E-state index contributed by atoms with van der Waals surface area (Å²) in [7, 11) is 0. The Kier molecular flexibility index (Phi) is 5.92. The number of H-pyrrole nitrogens is 1. The Labute approximate surface area is 209 Å². The number of carbonyl (C=O) groups is 1. The van der Waals surface area contributed by atoms with Crippen LogP contribution in [0.5, 0.6) is 0 Å². The van der Waals surface area contributed by atoms with E-state index in [0.29, 0.717) is 16.7 Å². The number of aromatic nitrogens is 3. The van der Waals surface area contributed by atoms with Crippen molar-refractivity contribution < 1.29 is 18.7 Å². The van der Waals surface area contributed by atoms with Crippen LogP contribution in [-0.2, 0) is 0 Å². The molecule has 1 fully saturated rings. The summed E-state index contributed by atoms with van der Waals surface area (Å²) < 4.78 is 28.8. The van der Waals surface area contributed by atoms with Crippen LogP contribution in [0, 0.1) is 11.6 Å². The zero-order valence-corrected chi connectivity index (χ0v) is 20.2. The van der Waals surface area contributed by atoms with Gasteiger partial charge in [-0.1, -0.05) is 23.7 Å². The van der Waals surface area contributed by atoms with Gasteiger partial charge in [0, 0.05) is 17.3 Å². The van der Waals surface area contributed by atoms with Gasteiger partial charge in [0.05, 0.1) is 22.2 Å². The van der Waals surface area contributed by atoms with E-state index in [1.54, 1.807) is 13.8 Å². The Bertz CT molecular complexity index is 1540. The standard InChI is InChI=1S/C26H23ClF2N4O3/c1-26(2,36)22(14-5-8-16(28)9-6-14)30-24(34)17-12-33-21(20(17)13-3-4-13)25(35)31-23(32-33)15-7-10-18(27)19(29)11-15/h5-13,22,36H,3-4H2,1-2H3,(H,30,34)(H,31,32,35).